The van der Waals surface area contributed by atoms with Crippen LogP contribution in [0.5, 0.6) is 5.75 Å². The molecule has 0 aromatic heterocycles. The van der Waals surface area contributed by atoms with Gasteiger partial charge in [-0.25, -0.2) is 8.42 Å². The Hall–Kier alpha value is -1.35. The molecule has 3 rings (SSSR count). The lowest BCUT2D eigenvalue weighted by Crippen LogP contribution is -2.50. The minimum Gasteiger partial charge on any atom is -0.497 e. The van der Waals surface area contributed by atoms with Gasteiger partial charge in [-0.3, -0.25) is 0 Å². The maximum Gasteiger partial charge on any atom is 0.243 e. The fourth-order valence-electron chi connectivity index (χ4n) is 4.49. The van der Waals surface area contributed by atoms with Gasteiger partial charge in [-0.2, -0.15) is 4.31 Å². The number of hydrogen-bond acceptors (Lipinski definition) is 5. The van der Waals surface area contributed by atoms with Gasteiger partial charge in [0.2, 0.25) is 10.0 Å². The van der Waals surface area contributed by atoms with Crippen LogP contribution in [0.15, 0.2) is 53.4 Å². The molecule has 3 unspecified atom stereocenters. The average Bonchev–Trinajstić information content (AvgIpc) is 2.74. The van der Waals surface area contributed by atoms with Crippen LogP contribution in [-0.2, 0) is 15.6 Å². The van der Waals surface area contributed by atoms with Gasteiger partial charge < -0.3 is 14.7 Å². The van der Waals surface area contributed by atoms with Gasteiger partial charge in [-0.05, 0) is 69.3 Å². The summed E-state index contributed by atoms with van der Waals surface area (Å²) in [5.74, 6) is 0.544. The molecular weight excluding hydrogens is 471 g/mol. The van der Waals surface area contributed by atoms with Crippen molar-refractivity contribution in [2.75, 3.05) is 34.8 Å². The zero-order chi connectivity index (χ0) is 22.8. The second-order valence-corrected chi connectivity index (χ2v) is 11.0. The molecule has 0 radical (unpaired) electrons. The van der Waals surface area contributed by atoms with E-state index in [2.05, 4.69) is 0 Å². The first-order valence-corrected chi connectivity index (χ1v) is 12.1. The van der Waals surface area contributed by atoms with E-state index in [1.807, 2.05) is 43.3 Å². The van der Waals surface area contributed by atoms with Gasteiger partial charge in [-0.15, -0.1) is 12.4 Å². The molecule has 3 atom stereocenters. The van der Waals surface area contributed by atoms with Crippen molar-refractivity contribution in [1.29, 1.82) is 0 Å². The van der Waals surface area contributed by atoms with Crippen molar-refractivity contribution in [3.63, 3.8) is 0 Å². The smallest absolute Gasteiger partial charge is 0.243 e. The summed E-state index contributed by atoms with van der Waals surface area (Å²) in [6, 6.07) is 13.6. The van der Waals surface area contributed by atoms with Crippen LogP contribution in [0.1, 0.15) is 24.8 Å². The van der Waals surface area contributed by atoms with E-state index < -0.39 is 15.6 Å². The summed E-state index contributed by atoms with van der Waals surface area (Å²) in [5, 5.41) is 12.1. The monoisotopic (exact) mass is 502 g/mol. The summed E-state index contributed by atoms with van der Waals surface area (Å²) in [7, 11) is 3.45. The van der Waals surface area contributed by atoms with Gasteiger partial charge in [-0.1, -0.05) is 29.8 Å². The lowest BCUT2D eigenvalue weighted by atomic mass is 9.69. The van der Waals surface area contributed by atoms with Gasteiger partial charge in [0.05, 0.1) is 17.6 Å². The number of hydrogen-bond donors (Lipinski definition) is 1. The van der Waals surface area contributed by atoms with Gasteiger partial charge in [0.25, 0.3) is 0 Å². The molecule has 2 aromatic carbocycles. The quantitative estimate of drug-likeness (QED) is 0.619. The third-order valence-electron chi connectivity index (χ3n) is 6.23. The van der Waals surface area contributed by atoms with Crippen LogP contribution < -0.4 is 4.74 Å². The first-order chi connectivity index (χ1) is 14.6. The Morgan fingerprint density at radius 3 is 2.47 bits per heavy atom. The Balaban J connectivity index is 0.00000363. The number of halogens is 2. The molecule has 0 spiro atoms. The highest BCUT2D eigenvalue weighted by atomic mass is 35.5. The van der Waals surface area contributed by atoms with Gasteiger partial charge in [0, 0.05) is 30.6 Å². The van der Waals surface area contributed by atoms with Gasteiger partial charge >= 0.3 is 0 Å². The molecular formula is C23H32Cl2N2O4S. The van der Waals surface area contributed by atoms with Gasteiger partial charge in [0.1, 0.15) is 5.75 Å². The zero-order valence-electron chi connectivity index (χ0n) is 18.9. The van der Waals surface area contributed by atoms with E-state index in [-0.39, 0.29) is 29.3 Å². The standard InChI is InChI=1S/C23H31ClN2O4S.ClH/c1-25(2)16-18-13-20(26(3)31(28,29)22-10-6-8-19(24)15-22)11-12-23(18,27)17-7-5-9-21(14-17)30-4;/h5-10,14-15,18,20,27H,11-13,16H2,1-4H3;1H. The number of nitrogens with zero attached hydrogens (tertiary/aromatic N) is 2. The molecule has 0 aliphatic heterocycles. The highest BCUT2D eigenvalue weighted by Gasteiger charge is 2.46. The molecule has 9 heteroatoms. The molecule has 1 aliphatic carbocycles. The number of benzene rings is 2. The van der Waals surface area contributed by atoms with E-state index in [1.165, 1.54) is 10.4 Å². The molecule has 1 fully saturated rings. The van der Waals surface area contributed by atoms with Crippen molar-refractivity contribution in [3.05, 3.63) is 59.1 Å². The molecule has 32 heavy (non-hydrogen) atoms. The molecule has 1 saturated carbocycles. The first-order valence-electron chi connectivity index (χ1n) is 10.3. The fraction of sp³-hybridized carbons (Fsp3) is 0.478. The summed E-state index contributed by atoms with van der Waals surface area (Å²) < 4.78 is 33.2. The Labute approximate surface area is 202 Å². The predicted octanol–water partition coefficient (Wildman–Crippen LogP) is 4.01. The van der Waals surface area contributed by atoms with Crippen molar-refractivity contribution < 1.29 is 18.3 Å². The molecule has 2 aromatic rings. The van der Waals surface area contributed by atoms with E-state index in [4.69, 9.17) is 16.3 Å². The summed E-state index contributed by atoms with van der Waals surface area (Å²) in [4.78, 5) is 2.21. The van der Waals surface area contributed by atoms with Crippen LogP contribution in [0.25, 0.3) is 0 Å². The number of sulfonamides is 1. The largest absolute Gasteiger partial charge is 0.497 e. The summed E-state index contributed by atoms with van der Waals surface area (Å²) in [6.07, 6.45) is 1.55. The fourth-order valence-corrected chi connectivity index (χ4v) is 6.19. The van der Waals surface area contributed by atoms with E-state index >= 15 is 0 Å². The summed E-state index contributed by atoms with van der Waals surface area (Å²) in [6.45, 7) is 0.634. The topological polar surface area (TPSA) is 70.1 Å². The van der Waals surface area contributed by atoms with Crippen LogP contribution in [0.4, 0.5) is 0 Å². The molecule has 1 aliphatic rings. The zero-order valence-corrected chi connectivity index (χ0v) is 21.3. The molecule has 0 bridgehead atoms. The Kier molecular flexibility index (Phi) is 9.01. The van der Waals surface area contributed by atoms with Crippen LogP contribution in [0, 0.1) is 5.92 Å². The molecule has 0 heterocycles. The Morgan fingerprint density at radius 1 is 1.16 bits per heavy atom. The van der Waals surface area contributed by atoms with Crippen molar-refractivity contribution in [2.24, 2.45) is 5.92 Å². The Bertz CT molecular complexity index is 1020. The molecule has 6 nitrogen and oxygen atoms in total. The first kappa shape index (κ1) is 26.9. The van der Waals surface area contributed by atoms with Crippen LogP contribution >= 0.6 is 24.0 Å². The highest BCUT2D eigenvalue weighted by molar-refractivity contribution is 7.89. The number of aliphatic hydroxyl groups is 1. The van der Waals surface area contributed by atoms with Crippen LogP contribution in [0.3, 0.4) is 0 Å². The number of ether oxygens (including phenoxy) is 1. The van der Waals surface area contributed by atoms with Gasteiger partial charge in [0.15, 0.2) is 0 Å². The third-order valence-corrected chi connectivity index (χ3v) is 8.37. The van der Waals surface area contributed by atoms with Crippen LogP contribution in [0.2, 0.25) is 5.02 Å². The second-order valence-electron chi connectivity index (χ2n) is 8.52. The minimum atomic E-state index is -3.69. The molecule has 1 N–H and O–H groups in total. The maximum absolute atomic E-state index is 13.2. The van der Waals surface area contributed by atoms with Crippen molar-refractivity contribution in [3.8, 4) is 5.75 Å². The maximum atomic E-state index is 13.2. The van der Waals surface area contributed by atoms with Crippen LogP contribution in [-0.4, -0.2) is 63.6 Å². The predicted molar refractivity (Wildman–Crippen MR) is 130 cm³/mol. The molecule has 178 valence electrons. The van der Waals surface area contributed by atoms with E-state index in [0.29, 0.717) is 36.6 Å². The van der Waals surface area contributed by atoms with Crippen molar-refractivity contribution in [1.82, 2.24) is 9.21 Å². The Morgan fingerprint density at radius 2 is 1.84 bits per heavy atom. The average molecular weight is 503 g/mol. The van der Waals surface area contributed by atoms with E-state index in [9.17, 15) is 13.5 Å². The lowest BCUT2D eigenvalue weighted by molar-refractivity contribution is -0.0745. The van der Waals surface area contributed by atoms with E-state index in [1.54, 1.807) is 32.4 Å². The highest BCUT2D eigenvalue weighted by Crippen LogP contribution is 2.44. The SMILES string of the molecule is COc1cccc(C2(O)CCC(N(C)S(=O)(=O)c3cccc(Cl)c3)CC2CN(C)C)c1.Cl. The van der Waals surface area contributed by atoms with Crippen molar-refractivity contribution in [2.45, 2.75) is 35.8 Å². The third kappa shape index (κ3) is 5.58. The van der Waals surface area contributed by atoms with E-state index in [0.717, 1.165) is 5.56 Å². The number of methoxy groups -OCH3 is 1. The summed E-state index contributed by atoms with van der Waals surface area (Å²) >= 11 is 6.02. The molecule has 0 amide bonds. The summed E-state index contributed by atoms with van der Waals surface area (Å²) in [5.41, 5.74) is -0.256. The number of rotatable bonds is 7. The van der Waals surface area contributed by atoms with Crippen molar-refractivity contribution >= 4 is 34.0 Å². The second kappa shape index (κ2) is 10.7. The lowest BCUT2D eigenvalue weighted by Gasteiger charge is -2.46. The molecule has 0 saturated heterocycles. The minimum absolute atomic E-state index is 0. The normalized spacial score (nSPS) is 23.8.